The summed E-state index contributed by atoms with van der Waals surface area (Å²) in [6, 6.07) is 2.00. The van der Waals surface area contributed by atoms with E-state index < -0.39 is 0 Å². The highest BCUT2D eigenvalue weighted by molar-refractivity contribution is 5.25. The number of aryl methyl sites for hydroxylation is 1. The van der Waals surface area contributed by atoms with Crippen molar-refractivity contribution in [3.05, 3.63) is 29.6 Å². The molecule has 1 aromatic heterocycles. The lowest BCUT2D eigenvalue weighted by molar-refractivity contribution is 0.125. The molecule has 4 atom stereocenters. The minimum absolute atomic E-state index is 0.285. The monoisotopic (exact) mass is 245 g/mol. The van der Waals surface area contributed by atoms with E-state index in [1.807, 2.05) is 12.3 Å². The molecule has 2 saturated carbocycles. The Morgan fingerprint density at radius 2 is 2.28 bits per heavy atom. The molecule has 0 aliphatic heterocycles. The van der Waals surface area contributed by atoms with Crippen LogP contribution >= 0.6 is 0 Å². The van der Waals surface area contributed by atoms with Crippen LogP contribution in [0.2, 0.25) is 0 Å². The van der Waals surface area contributed by atoms with Crippen LogP contribution < -0.4 is 0 Å². The molecule has 0 radical (unpaired) electrons. The van der Waals surface area contributed by atoms with Gasteiger partial charge in [0.1, 0.15) is 0 Å². The zero-order valence-electron chi connectivity index (χ0n) is 11.2. The SMILES string of the molecule is CCc1cnccc1C(O)CC1CC2CCC1C2. The normalized spacial score (nSPS) is 31.8. The summed E-state index contributed by atoms with van der Waals surface area (Å²) in [5, 5.41) is 10.5. The molecule has 2 heteroatoms. The Morgan fingerprint density at radius 1 is 1.39 bits per heavy atom. The Labute approximate surface area is 109 Å². The molecule has 3 rings (SSSR count). The van der Waals surface area contributed by atoms with Crippen LogP contribution in [0.4, 0.5) is 0 Å². The first-order chi connectivity index (χ1) is 8.78. The van der Waals surface area contributed by atoms with Gasteiger partial charge in [0, 0.05) is 12.4 Å². The summed E-state index contributed by atoms with van der Waals surface area (Å²) < 4.78 is 0. The number of aromatic nitrogens is 1. The van der Waals surface area contributed by atoms with Gasteiger partial charge in [-0.25, -0.2) is 0 Å². The average Bonchev–Trinajstić information content (AvgIpc) is 3.01. The van der Waals surface area contributed by atoms with Crippen LogP contribution in [0.1, 0.15) is 56.3 Å². The molecule has 1 N–H and O–H groups in total. The van der Waals surface area contributed by atoms with Crippen LogP contribution in [-0.2, 0) is 6.42 Å². The average molecular weight is 245 g/mol. The molecule has 2 fully saturated rings. The molecular weight excluding hydrogens is 222 g/mol. The van der Waals surface area contributed by atoms with Crippen LogP contribution in [0.15, 0.2) is 18.5 Å². The van der Waals surface area contributed by atoms with Crippen molar-refractivity contribution in [3.8, 4) is 0 Å². The second kappa shape index (κ2) is 5.00. The van der Waals surface area contributed by atoms with Crippen molar-refractivity contribution in [2.45, 2.75) is 51.6 Å². The number of rotatable bonds is 4. The molecule has 98 valence electrons. The van der Waals surface area contributed by atoms with Crippen molar-refractivity contribution in [1.29, 1.82) is 0 Å². The van der Waals surface area contributed by atoms with Gasteiger partial charge < -0.3 is 5.11 Å². The van der Waals surface area contributed by atoms with E-state index in [4.69, 9.17) is 0 Å². The fraction of sp³-hybridized carbons (Fsp3) is 0.688. The second-order valence-electron chi connectivity index (χ2n) is 6.11. The van der Waals surface area contributed by atoms with E-state index in [0.29, 0.717) is 0 Å². The Hall–Kier alpha value is -0.890. The largest absolute Gasteiger partial charge is 0.388 e. The minimum atomic E-state index is -0.285. The maximum absolute atomic E-state index is 10.5. The van der Waals surface area contributed by atoms with E-state index in [9.17, 15) is 5.11 Å². The summed E-state index contributed by atoms with van der Waals surface area (Å²) in [5.74, 6) is 2.63. The summed E-state index contributed by atoms with van der Waals surface area (Å²) >= 11 is 0. The van der Waals surface area contributed by atoms with Gasteiger partial charge in [0.05, 0.1) is 6.10 Å². The van der Waals surface area contributed by atoms with E-state index in [0.717, 1.165) is 36.2 Å². The summed E-state index contributed by atoms with van der Waals surface area (Å²) in [6.07, 6.45) is 11.0. The first-order valence-corrected chi connectivity index (χ1v) is 7.38. The van der Waals surface area contributed by atoms with Crippen molar-refractivity contribution in [2.75, 3.05) is 0 Å². The molecule has 0 amide bonds. The molecule has 0 aromatic carbocycles. The molecule has 4 unspecified atom stereocenters. The maximum Gasteiger partial charge on any atom is 0.0796 e. The Balaban J connectivity index is 1.69. The summed E-state index contributed by atoms with van der Waals surface area (Å²) in [6.45, 7) is 2.13. The Bertz CT molecular complexity index is 417. The molecule has 0 saturated heterocycles. The maximum atomic E-state index is 10.5. The van der Waals surface area contributed by atoms with Gasteiger partial charge in [-0.15, -0.1) is 0 Å². The van der Waals surface area contributed by atoms with Crippen LogP contribution in [0, 0.1) is 17.8 Å². The Morgan fingerprint density at radius 3 is 2.94 bits per heavy atom. The number of pyridine rings is 1. The second-order valence-corrected chi connectivity index (χ2v) is 6.11. The van der Waals surface area contributed by atoms with E-state index in [1.54, 1.807) is 6.20 Å². The third-order valence-corrected chi connectivity index (χ3v) is 5.09. The number of hydrogen-bond acceptors (Lipinski definition) is 2. The molecule has 2 nitrogen and oxygen atoms in total. The van der Waals surface area contributed by atoms with Crippen molar-refractivity contribution in [2.24, 2.45) is 17.8 Å². The third kappa shape index (κ3) is 2.18. The molecule has 0 spiro atoms. The zero-order valence-corrected chi connectivity index (χ0v) is 11.2. The van der Waals surface area contributed by atoms with E-state index in [-0.39, 0.29) is 6.10 Å². The molecule has 2 aliphatic carbocycles. The smallest absolute Gasteiger partial charge is 0.0796 e. The predicted octanol–water partition coefficient (Wildman–Crippen LogP) is 3.50. The van der Waals surface area contributed by atoms with Gasteiger partial charge in [-0.2, -0.15) is 0 Å². The lowest BCUT2D eigenvalue weighted by Gasteiger charge is -2.25. The van der Waals surface area contributed by atoms with Gasteiger partial charge in [-0.1, -0.05) is 13.3 Å². The number of hydrogen-bond donors (Lipinski definition) is 1. The van der Waals surface area contributed by atoms with Crippen LogP contribution in [0.3, 0.4) is 0 Å². The quantitative estimate of drug-likeness (QED) is 0.880. The van der Waals surface area contributed by atoms with Gasteiger partial charge in [-0.3, -0.25) is 4.98 Å². The van der Waals surface area contributed by atoms with Gasteiger partial charge in [0.25, 0.3) is 0 Å². The van der Waals surface area contributed by atoms with E-state index in [1.165, 1.54) is 31.2 Å². The molecule has 1 aromatic rings. The standard InChI is InChI=1S/C16H23NO/c1-2-12-10-17-6-5-15(12)16(18)9-14-8-11-3-4-13(14)7-11/h5-6,10-11,13-14,16,18H,2-4,7-9H2,1H3. The summed E-state index contributed by atoms with van der Waals surface area (Å²) in [7, 11) is 0. The van der Waals surface area contributed by atoms with Gasteiger partial charge in [-0.05, 0) is 67.1 Å². The van der Waals surface area contributed by atoms with Crippen LogP contribution in [-0.4, -0.2) is 10.1 Å². The van der Waals surface area contributed by atoms with Crippen LogP contribution in [0.5, 0.6) is 0 Å². The molecular formula is C16H23NO. The fourth-order valence-corrected chi connectivity index (χ4v) is 4.14. The highest BCUT2D eigenvalue weighted by atomic mass is 16.3. The molecule has 2 aliphatic rings. The number of fused-ring (bicyclic) bond motifs is 2. The van der Waals surface area contributed by atoms with Crippen molar-refractivity contribution >= 4 is 0 Å². The highest BCUT2D eigenvalue weighted by Gasteiger charge is 2.40. The van der Waals surface area contributed by atoms with Crippen molar-refractivity contribution in [3.63, 3.8) is 0 Å². The first kappa shape index (κ1) is 12.2. The van der Waals surface area contributed by atoms with Gasteiger partial charge >= 0.3 is 0 Å². The molecule has 18 heavy (non-hydrogen) atoms. The summed E-state index contributed by atoms with van der Waals surface area (Å²) in [4.78, 5) is 4.16. The lowest BCUT2D eigenvalue weighted by Crippen LogP contribution is -2.15. The zero-order chi connectivity index (χ0) is 12.5. The van der Waals surface area contributed by atoms with Gasteiger partial charge in [0.2, 0.25) is 0 Å². The number of aliphatic hydroxyl groups is 1. The van der Waals surface area contributed by atoms with E-state index in [2.05, 4.69) is 11.9 Å². The third-order valence-electron chi connectivity index (χ3n) is 5.09. The number of nitrogens with zero attached hydrogens (tertiary/aromatic N) is 1. The van der Waals surface area contributed by atoms with Crippen molar-refractivity contribution < 1.29 is 5.11 Å². The molecule has 1 heterocycles. The highest BCUT2D eigenvalue weighted by Crippen LogP contribution is 2.51. The first-order valence-electron chi connectivity index (χ1n) is 7.38. The minimum Gasteiger partial charge on any atom is -0.388 e. The lowest BCUT2D eigenvalue weighted by atomic mass is 9.83. The fourth-order valence-electron chi connectivity index (χ4n) is 4.14. The van der Waals surface area contributed by atoms with E-state index >= 15 is 0 Å². The Kier molecular flexibility index (Phi) is 3.38. The van der Waals surface area contributed by atoms with Crippen molar-refractivity contribution in [1.82, 2.24) is 4.98 Å². The predicted molar refractivity (Wildman–Crippen MR) is 72.1 cm³/mol. The molecule has 2 bridgehead atoms. The number of aliphatic hydroxyl groups excluding tert-OH is 1. The topological polar surface area (TPSA) is 33.1 Å². The van der Waals surface area contributed by atoms with Crippen LogP contribution in [0.25, 0.3) is 0 Å². The van der Waals surface area contributed by atoms with Gasteiger partial charge in [0.15, 0.2) is 0 Å². The summed E-state index contributed by atoms with van der Waals surface area (Å²) in [5.41, 5.74) is 2.31.